The molecule has 0 bridgehead atoms. The Hall–Kier alpha value is -0.570. The molecule has 82 valence electrons. The molecule has 1 aliphatic rings. The minimum atomic E-state index is 0.315. The number of hydrogen-bond acceptors (Lipinski definition) is 2. The summed E-state index contributed by atoms with van der Waals surface area (Å²) in [6.07, 6.45) is 3.05. The van der Waals surface area contributed by atoms with Crippen LogP contribution in [0.4, 0.5) is 5.82 Å². The summed E-state index contributed by atoms with van der Waals surface area (Å²) < 4.78 is 0. The molecule has 0 saturated carbocycles. The van der Waals surface area contributed by atoms with Crippen LogP contribution in [-0.2, 0) is 0 Å². The Kier molecular flexibility index (Phi) is 3.01. The molecule has 1 atom stereocenters. The number of piperidine rings is 1. The lowest BCUT2D eigenvalue weighted by Gasteiger charge is -2.42. The molecule has 0 radical (unpaired) electrons. The maximum Gasteiger partial charge on any atom is 0.128 e. The number of hydrogen-bond donors (Lipinski definition) is 0. The van der Waals surface area contributed by atoms with Gasteiger partial charge in [0.25, 0.3) is 0 Å². The van der Waals surface area contributed by atoms with Crippen LogP contribution in [0.3, 0.4) is 0 Å². The highest BCUT2D eigenvalue weighted by atomic mass is 79.9. The molecule has 0 N–H and O–H groups in total. The van der Waals surface area contributed by atoms with Gasteiger partial charge in [0.15, 0.2) is 0 Å². The fraction of sp³-hybridized carbons (Fsp3) is 0.583. The fourth-order valence-corrected chi connectivity index (χ4v) is 2.42. The average Bonchev–Trinajstić information content (AvgIpc) is 2.23. The molecule has 0 aromatic carbocycles. The standard InChI is InChI=1S/C12H17BrN2/c1-12(2)9-15(8-6-10(12)13)11-5-3-4-7-14-11/h3-5,7,10H,6,8-9H2,1-2H3. The maximum absolute atomic E-state index is 4.40. The lowest BCUT2D eigenvalue weighted by Crippen LogP contribution is -2.46. The van der Waals surface area contributed by atoms with Gasteiger partial charge in [0, 0.05) is 24.1 Å². The molecule has 0 amide bonds. The van der Waals surface area contributed by atoms with E-state index in [0.717, 1.165) is 18.9 Å². The fourth-order valence-electron chi connectivity index (χ4n) is 2.07. The van der Waals surface area contributed by atoms with E-state index in [9.17, 15) is 0 Å². The smallest absolute Gasteiger partial charge is 0.128 e. The summed E-state index contributed by atoms with van der Waals surface area (Å²) in [6, 6.07) is 6.10. The van der Waals surface area contributed by atoms with Crippen molar-refractivity contribution in [1.29, 1.82) is 0 Å². The van der Waals surface area contributed by atoms with E-state index >= 15 is 0 Å². The van der Waals surface area contributed by atoms with Crippen molar-refractivity contribution in [2.75, 3.05) is 18.0 Å². The zero-order valence-electron chi connectivity index (χ0n) is 9.28. The van der Waals surface area contributed by atoms with Gasteiger partial charge in [-0.2, -0.15) is 0 Å². The molecule has 1 aromatic heterocycles. The lowest BCUT2D eigenvalue weighted by atomic mass is 9.84. The van der Waals surface area contributed by atoms with Gasteiger partial charge in [0.2, 0.25) is 0 Å². The molecular weight excluding hydrogens is 252 g/mol. The van der Waals surface area contributed by atoms with Crippen LogP contribution in [0.2, 0.25) is 0 Å². The number of aromatic nitrogens is 1. The Bertz CT molecular complexity index is 324. The third-order valence-electron chi connectivity index (χ3n) is 3.07. The largest absolute Gasteiger partial charge is 0.356 e. The number of alkyl halides is 1. The van der Waals surface area contributed by atoms with Gasteiger partial charge in [0.1, 0.15) is 5.82 Å². The minimum absolute atomic E-state index is 0.315. The number of halogens is 1. The maximum atomic E-state index is 4.40. The van der Waals surface area contributed by atoms with E-state index in [0.29, 0.717) is 10.2 Å². The predicted molar refractivity (Wildman–Crippen MR) is 67.6 cm³/mol. The highest BCUT2D eigenvalue weighted by Gasteiger charge is 2.34. The molecule has 2 heterocycles. The van der Waals surface area contributed by atoms with Crippen LogP contribution >= 0.6 is 15.9 Å². The molecule has 1 aliphatic heterocycles. The van der Waals surface area contributed by atoms with E-state index in [1.54, 1.807) is 0 Å². The SMILES string of the molecule is CC1(C)CN(c2ccccn2)CCC1Br. The van der Waals surface area contributed by atoms with Crippen molar-refractivity contribution in [2.24, 2.45) is 5.41 Å². The van der Waals surface area contributed by atoms with E-state index in [-0.39, 0.29) is 0 Å². The van der Waals surface area contributed by atoms with E-state index in [2.05, 4.69) is 51.8 Å². The molecule has 15 heavy (non-hydrogen) atoms. The van der Waals surface area contributed by atoms with Gasteiger partial charge in [-0.25, -0.2) is 4.98 Å². The first kappa shape index (κ1) is 10.9. The van der Waals surface area contributed by atoms with Crippen LogP contribution in [0, 0.1) is 5.41 Å². The minimum Gasteiger partial charge on any atom is -0.356 e. The Morgan fingerprint density at radius 1 is 1.47 bits per heavy atom. The zero-order chi connectivity index (χ0) is 10.9. The monoisotopic (exact) mass is 268 g/mol. The van der Waals surface area contributed by atoms with Crippen molar-refractivity contribution in [2.45, 2.75) is 25.1 Å². The van der Waals surface area contributed by atoms with Crippen LogP contribution in [0.1, 0.15) is 20.3 Å². The summed E-state index contributed by atoms with van der Waals surface area (Å²) in [4.78, 5) is 7.39. The molecule has 1 unspecified atom stereocenters. The van der Waals surface area contributed by atoms with Gasteiger partial charge < -0.3 is 4.90 Å². The third kappa shape index (κ3) is 2.33. The second kappa shape index (κ2) is 4.12. The van der Waals surface area contributed by atoms with Crippen LogP contribution in [0.15, 0.2) is 24.4 Å². The van der Waals surface area contributed by atoms with E-state index in [1.165, 1.54) is 6.42 Å². The second-order valence-electron chi connectivity index (χ2n) is 4.85. The van der Waals surface area contributed by atoms with Gasteiger partial charge in [-0.3, -0.25) is 0 Å². The average molecular weight is 269 g/mol. The summed E-state index contributed by atoms with van der Waals surface area (Å²) in [5.41, 5.74) is 0.315. The normalized spacial score (nSPS) is 25.3. The lowest BCUT2D eigenvalue weighted by molar-refractivity contribution is 0.309. The highest BCUT2D eigenvalue weighted by Crippen LogP contribution is 2.35. The van der Waals surface area contributed by atoms with Gasteiger partial charge in [-0.15, -0.1) is 0 Å². The van der Waals surface area contributed by atoms with Crippen molar-refractivity contribution in [1.82, 2.24) is 4.98 Å². The highest BCUT2D eigenvalue weighted by molar-refractivity contribution is 9.09. The summed E-state index contributed by atoms with van der Waals surface area (Å²) in [6.45, 7) is 6.78. The Labute approximate surface area is 99.8 Å². The van der Waals surface area contributed by atoms with E-state index in [4.69, 9.17) is 0 Å². The molecule has 2 nitrogen and oxygen atoms in total. The number of anilines is 1. The van der Waals surface area contributed by atoms with Gasteiger partial charge in [-0.1, -0.05) is 35.8 Å². The molecule has 0 spiro atoms. The van der Waals surface area contributed by atoms with Gasteiger partial charge >= 0.3 is 0 Å². The van der Waals surface area contributed by atoms with Crippen molar-refractivity contribution >= 4 is 21.7 Å². The van der Waals surface area contributed by atoms with Crippen LogP contribution < -0.4 is 4.90 Å². The summed E-state index contributed by atoms with van der Waals surface area (Å²) >= 11 is 3.76. The Balaban J connectivity index is 2.14. The van der Waals surface area contributed by atoms with E-state index in [1.807, 2.05) is 12.3 Å². The number of rotatable bonds is 1. The van der Waals surface area contributed by atoms with Crippen molar-refractivity contribution in [3.05, 3.63) is 24.4 Å². The molecule has 1 fully saturated rings. The number of pyridine rings is 1. The Morgan fingerprint density at radius 2 is 2.27 bits per heavy atom. The summed E-state index contributed by atoms with van der Waals surface area (Å²) in [5, 5.41) is 0. The summed E-state index contributed by atoms with van der Waals surface area (Å²) in [7, 11) is 0. The Morgan fingerprint density at radius 3 is 2.87 bits per heavy atom. The quantitative estimate of drug-likeness (QED) is 0.728. The second-order valence-corrected chi connectivity index (χ2v) is 5.96. The van der Waals surface area contributed by atoms with Crippen molar-refractivity contribution in [3.63, 3.8) is 0 Å². The first-order valence-corrected chi connectivity index (χ1v) is 6.31. The molecule has 3 heteroatoms. The van der Waals surface area contributed by atoms with Crippen molar-refractivity contribution < 1.29 is 0 Å². The summed E-state index contributed by atoms with van der Waals surface area (Å²) in [5.74, 6) is 1.10. The van der Waals surface area contributed by atoms with E-state index < -0.39 is 0 Å². The first-order chi connectivity index (χ1) is 7.09. The number of nitrogens with zero attached hydrogens (tertiary/aromatic N) is 2. The molecule has 2 rings (SSSR count). The molecule has 1 aromatic rings. The zero-order valence-corrected chi connectivity index (χ0v) is 10.9. The molecular formula is C12H17BrN2. The first-order valence-electron chi connectivity index (χ1n) is 5.40. The van der Waals surface area contributed by atoms with Crippen molar-refractivity contribution in [3.8, 4) is 0 Å². The van der Waals surface area contributed by atoms with Gasteiger partial charge in [-0.05, 0) is 24.0 Å². The molecule has 1 saturated heterocycles. The van der Waals surface area contributed by atoms with Crippen LogP contribution in [0.5, 0.6) is 0 Å². The van der Waals surface area contributed by atoms with Crippen LogP contribution in [0.25, 0.3) is 0 Å². The van der Waals surface area contributed by atoms with Crippen LogP contribution in [-0.4, -0.2) is 22.9 Å². The predicted octanol–water partition coefficient (Wildman–Crippen LogP) is 3.08. The van der Waals surface area contributed by atoms with Gasteiger partial charge in [0.05, 0.1) is 0 Å². The topological polar surface area (TPSA) is 16.1 Å². The third-order valence-corrected chi connectivity index (χ3v) is 4.77. The molecule has 0 aliphatic carbocycles.